The minimum absolute atomic E-state index is 0.0609. The summed E-state index contributed by atoms with van der Waals surface area (Å²) in [5.74, 6) is -0.835. The van der Waals surface area contributed by atoms with Crippen molar-refractivity contribution in [3.8, 4) is 0 Å². The number of aryl methyl sites for hydroxylation is 1. The number of amides is 2. The van der Waals surface area contributed by atoms with Crippen LogP contribution in [0.3, 0.4) is 0 Å². The molecule has 108 valence electrons. The SMILES string of the molecule is CN(C(=O)Nc1ccccc1CCC(=O)O)C1CCC1. The van der Waals surface area contributed by atoms with Crippen LogP contribution in [0.1, 0.15) is 31.2 Å². The van der Waals surface area contributed by atoms with E-state index in [0.29, 0.717) is 18.2 Å². The molecule has 0 saturated heterocycles. The lowest BCUT2D eigenvalue weighted by atomic mass is 9.92. The summed E-state index contributed by atoms with van der Waals surface area (Å²) in [4.78, 5) is 24.5. The molecular weight excluding hydrogens is 256 g/mol. The predicted molar refractivity (Wildman–Crippen MR) is 76.8 cm³/mol. The minimum Gasteiger partial charge on any atom is -0.481 e. The summed E-state index contributed by atoms with van der Waals surface area (Å²) in [6, 6.07) is 7.55. The van der Waals surface area contributed by atoms with E-state index in [9.17, 15) is 9.59 Å². The molecule has 2 N–H and O–H groups in total. The molecule has 1 fully saturated rings. The van der Waals surface area contributed by atoms with E-state index in [1.807, 2.05) is 24.3 Å². The summed E-state index contributed by atoms with van der Waals surface area (Å²) in [6.45, 7) is 0. The lowest BCUT2D eigenvalue weighted by Crippen LogP contribution is -2.43. The fourth-order valence-corrected chi connectivity index (χ4v) is 2.25. The number of carbonyl (C=O) groups excluding carboxylic acids is 1. The van der Waals surface area contributed by atoms with Crippen LogP contribution in [0.5, 0.6) is 0 Å². The number of carbonyl (C=O) groups is 2. The Hall–Kier alpha value is -2.04. The van der Waals surface area contributed by atoms with Crippen LogP contribution in [0.15, 0.2) is 24.3 Å². The van der Waals surface area contributed by atoms with Crippen molar-refractivity contribution in [2.45, 2.75) is 38.1 Å². The first-order valence-electron chi connectivity index (χ1n) is 6.91. The van der Waals surface area contributed by atoms with Crippen LogP contribution in [-0.4, -0.2) is 35.1 Å². The summed E-state index contributed by atoms with van der Waals surface area (Å²) >= 11 is 0. The van der Waals surface area contributed by atoms with E-state index in [-0.39, 0.29) is 12.5 Å². The van der Waals surface area contributed by atoms with Crippen molar-refractivity contribution in [2.24, 2.45) is 0 Å². The topological polar surface area (TPSA) is 69.6 Å². The van der Waals surface area contributed by atoms with E-state index in [1.54, 1.807) is 11.9 Å². The van der Waals surface area contributed by atoms with E-state index in [1.165, 1.54) is 6.42 Å². The number of benzene rings is 1. The first-order valence-corrected chi connectivity index (χ1v) is 6.91. The van der Waals surface area contributed by atoms with Crippen LogP contribution in [0.4, 0.5) is 10.5 Å². The van der Waals surface area contributed by atoms with Crippen molar-refractivity contribution in [1.29, 1.82) is 0 Å². The molecule has 5 nitrogen and oxygen atoms in total. The smallest absolute Gasteiger partial charge is 0.321 e. The highest BCUT2D eigenvalue weighted by molar-refractivity contribution is 5.90. The van der Waals surface area contributed by atoms with Gasteiger partial charge in [0.2, 0.25) is 0 Å². The average molecular weight is 276 g/mol. The zero-order chi connectivity index (χ0) is 14.5. The van der Waals surface area contributed by atoms with Crippen LogP contribution in [-0.2, 0) is 11.2 Å². The van der Waals surface area contributed by atoms with Crippen LogP contribution < -0.4 is 5.32 Å². The fraction of sp³-hybridized carbons (Fsp3) is 0.467. The van der Waals surface area contributed by atoms with Gasteiger partial charge in [-0.1, -0.05) is 18.2 Å². The standard InChI is InChI=1S/C15H20N2O3/c1-17(12-6-4-7-12)15(20)16-13-8-3-2-5-11(13)9-10-14(18)19/h2-3,5,8,12H,4,6-7,9-10H2,1H3,(H,16,20)(H,18,19). The molecule has 2 rings (SSSR count). The van der Waals surface area contributed by atoms with Gasteiger partial charge in [0, 0.05) is 25.2 Å². The van der Waals surface area contributed by atoms with Crippen LogP contribution >= 0.6 is 0 Å². The van der Waals surface area contributed by atoms with Crippen LogP contribution in [0, 0.1) is 0 Å². The van der Waals surface area contributed by atoms with Crippen molar-refractivity contribution >= 4 is 17.7 Å². The van der Waals surface area contributed by atoms with Crippen molar-refractivity contribution in [3.05, 3.63) is 29.8 Å². The van der Waals surface area contributed by atoms with Crippen LogP contribution in [0.25, 0.3) is 0 Å². The van der Waals surface area contributed by atoms with E-state index in [2.05, 4.69) is 5.32 Å². The van der Waals surface area contributed by atoms with E-state index < -0.39 is 5.97 Å². The Morgan fingerprint density at radius 3 is 2.65 bits per heavy atom. The summed E-state index contributed by atoms with van der Waals surface area (Å²) in [5.41, 5.74) is 1.55. The molecule has 1 aliphatic carbocycles. The van der Waals surface area contributed by atoms with Gasteiger partial charge in [-0.2, -0.15) is 0 Å². The van der Waals surface area contributed by atoms with E-state index in [0.717, 1.165) is 18.4 Å². The Kier molecular flexibility index (Phi) is 4.61. The highest BCUT2D eigenvalue weighted by Crippen LogP contribution is 2.24. The second kappa shape index (κ2) is 6.41. The quantitative estimate of drug-likeness (QED) is 0.868. The van der Waals surface area contributed by atoms with Gasteiger partial charge in [-0.15, -0.1) is 0 Å². The molecular formula is C15H20N2O3. The normalized spacial score (nSPS) is 14.4. The van der Waals surface area contributed by atoms with Gasteiger partial charge in [0.15, 0.2) is 0 Å². The summed E-state index contributed by atoms with van der Waals surface area (Å²) < 4.78 is 0. The number of aliphatic carboxylic acids is 1. The minimum atomic E-state index is -0.835. The van der Waals surface area contributed by atoms with Crippen molar-refractivity contribution in [3.63, 3.8) is 0 Å². The number of anilines is 1. The number of hydrogen-bond donors (Lipinski definition) is 2. The van der Waals surface area contributed by atoms with Gasteiger partial charge in [-0.25, -0.2) is 4.79 Å². The Morgan fingerprint density at radius 1 is 1.35 bits per heavy atom. The first-order chi connectivity index (χ1) is 9.58. The highest BCUT2D eigenvalue weighted by atomic mass is 16.4. The maximum Gasteiger partial charge on any atom is 0.321 e. The third kappa shape index (κ3) is 3.50. The molecule has 1 aromatic rings. The Labute approximate surface area is 118 Å². The Bertz CT molecular complexity index is 498. The molecule has 0 spiro atoms. The number of nitrogens with zero attached hydrogens (tertiary/aromatic N) is 1. The Morgan fingerprint density at radius 2 is 2.05 bits per heavy atom. The zero-order valence-electron chi connectivity index (χ0n) is 11.6. The second-order valence-corrected chi connectivity index (χ2v) is 5.18. The number of nitrogens with one attached hydrogen (secondary N) is 1. The van der Waals surface area contributed by atoms with Crippen LogP contribution in [0.2, 0.25) is 0 Å². The van der Waals surface area contributed by atoms with E-state index in [4.69, 9.17) is 5.11 Å². The molecule has 5 heteroatoms. The average Bonchev–Trinajstić information content (AvgIpc) is 2.35. The lowest BCUT2D eigenvalue weighted by molar-refractivity contribution is -0.136. The number of para-hydroxylation sites is 1. The molecule has 2 amide bonds. The number of carboxylic acid groups (broad SMARTS) is 1. The largest absolute Gasteiger partial charge is 0.481 e. The highest BCUT2D eigenvalue weighted by Gasteiger charge is 2.25. The maximum absolute atomic E-state index is 12.1. The number of hydrogen-bond acceptors (Lipinski definition) is 2. The molecule has 1 aliphatic rings. The lowest BCUT2D eigenvalue weighted by Gasteiger charge is -2.34. The number of urea groups is 1. The van der Waals surface area contributed by atoms with Gasteiger partial charge >= 0.3 is 12.0 Å². The molecule has 0 bridgehead atoms. The first kappa shape index (κ1) is 14.4. The van der Waals surface area contributed by atoms with Crippen molar-refractivity contribution in [2.75, 3.05) is 12.4 Å². The molecule has 0 heterocycles. The molecule has 20 heavy (non-hydrogen) atoms. The number of rotatable bonds is 5. The van der Waals surface area contributed by atoms with Gasteiger partial charge in [0.1, 0.15) is 0 Å². The number of carboxylic acids is 1. The van der Waals surface area contributed by atoms with Crippen molar-refractivity contribution < 1.29 is 14.7 Å². The summed E-state index contributed by atoms with van der Waals surface area (Å²) in [7, 11) is 1.80. The Balaban J connectivity index is 2.00. The molecule has 1 aromatic carbocycles. The summed E-state index contributed by atoms with van der Waals surface area (Å²) in [6.07, 6.45) is 3.77. The molecule has 0 aliphatic heterocycles. The van der Waals surface area contributed by atoms with Gasteiger partial charge in [-0.05, 0) is 37.3 Å². The fourth-order valence-electron chi connectivity index (χ4n) is 2.25. The third-order valence-electron chi connectivity index (χ3n) is 3.81. The van der Waals surface area contributed by atoms with Gasteiger partial charge in [-0.3, -0.25) is 4.79 Å². The monoisotopic (exact) mass is 276 g/mol. The van der Waals surface area contributed by atoms with Crippen molar-refractivity contribution in [1.82, 2.24) is 4.90 Å². The van der Waals surface area contributed by atoms with E-state index >= 15 is 0 Å². The second-order valence-electron chi connectivity index (χ2n) is 5.18. The molecule has 0 atom stereocenters. The molecule has 0 aromatic heterocycles. The molecule has 1 saturated carbocycles. The van der Waals surface area contributed by atoms with Gasteiger partial charge in [0.05, 0.1) is 0 Å². The predicted octanol–water partition coefficient (Wildman–Crippen LogP) is 2.72. The van der Waals surface area contributed by atoms with Gasteiger partial charge in [0.25, 0.3) is 0 Å². The molecule has 0 unspecified atom stereocenters. The maximum atomic E-state index is 12.1. The zero-order valence-corrected chi connectivity index (χ0v) is 11.6. The molecule has 0 radical (unpaired) electrons. The van der Waals surface area contributed by atoms with Gasteiger partial charge < -0.3 is 15.3 Å². The summed E-state index contributed by atoms with van der Waals surface area (Å²) in [5, 5.41) is 11.6. The third-order valence-corrected chi connectivity index (χ3v) is 3.81.